The van der Waals surface area contributed by atoms with E-state index in [0.29, 0.717) is 36.4 Å². The van der Waals surface area contributed by atoms with Crippen LogP contribution in [-0.4, -0.2) is 41.6 Å². The summed E-state index contributed by atoms with van der Waals surface area (Å²) in [6.07, 6.45) is 1.67. The first-order chi connectivity index (χ1) is 14.0. The van der Waals surface area contributed by atoms with Crippen molar-refractivity contribution < 1.29 is 23.9 Å². The highest BCUT2D eigenvalue weighted by atomic mass is 16.7. The third-order valence-corrected chi connectivity index (χ3v) is 5.64. The maximum absolute atomic E-state index is 13.1. The van der Waals surface area contributed by atoms with E-state index in [4.69, 9.17) is 9.47 Å². The number of aryl methyl sites for hydroxylation is 1. The van der Waals surface area contributed by atoms with Gasteiger partial charge in [0.2, 0.25) is 12.7 Å². The van der Waals surface area contributed by atoms with Crippen molar-refractivity contribution in [2.45, 2.75) is 24.8 Å². The van der Waals surface area contributed by atoms with E-state index in [1.165, 1.54) is 5.56 Å². The molecular formula is C21H19N3O5. The van der Waals surface area contributed by atoms with E-state index >= 15 is 0 Å². The summed E-state index contributed by atoms with van der Waals surface area (Å²) in [6, 6.07) is 12.4. The van der Waals surface area contributed by atoms with Gasteiger partial charge in [-0.1, -0.05) is 24.3 Å². The van der Waals surface area contributed by atoms with Crippen LogP contribution in [0.4, 0.5) is 10.5 Å². The first kappa shape index (κ1) is 17.5. The molecule has 2 N–H and O–H groups in total. The monoisotopic (exact) mass is 393 g/mol. The van der Waals surface area contributed by atoms with E-state index in [0.717, 1.165) is 10.5 Å². The summed E-state index contributed by atoms with van der Waals surface area (Å²) >= 11 is 0. The third kappa shape index (κ3) is 2.97. The van der Waals surface area contributed by atoms with Gasteiger partial charge in [-0.3, -0.25) is 14.5 Å². The smallest absolute Gasteiger partial charge is 0.325 e. The zero-order valence-corrected chi connectivity index (χ0v) is 15.6. The third-order valence-electron chi connectivity index (χ3n) is 5.64. The minimum atomic E-state index is -0.968. The van der Waals surface area contributed by atoms with E-state index in [1.54, 1.807) is 18.2 Å². The lowest BCUT2D eigenvalue weighted by Gasteiger charge is -2.32. The molecule has 0 radical (unpaired) electrons. The molecule has 8 nitrogen and oxygen atoms in total. The van der Waals surface area contributed by atoms with Crippen LogP contribution in [0.2, 0.25) is 0 Å². The second-order valence-corrected chi connectivity index (χ2v) is 7.47. The molecule has 3 aliphatic rings. The predicted molar refractivity (Wildman–Crippen MR) is 103 cm³/mol. The Morgan fingerprint density at radius 3 is 2.76 bits per heavy atom. The summed E-state index contributed by atoms with van der Waals surface area (Å²) in [5, 5.41) is 5.53. The van der Waals surface area contributed by atoms with Crippen molar-refractivity contribution >= 4 is 23.5 Å². The van der Waals surface area contributed by atoms with Gasteiger partial charge in [-0.15, -0.1) is 0 Å². The van der Waals surface area contributed by atoms with Crippen molar-refractivity contribution in [2.24, 2.45) is 0 Å². The Bertz CT molecular complexity index is 1040. The van der Waals surface area contributed by atoms with Crippen molar-refractivity contribution in [3.8, 4) is 11.5 Å². The number of hydrogen-bond acceptors (Lipinski definition) is 5. The zero-order valence-electron chi connectivity index (χ0n) is 15.6. The first-order valence-corrected chi connectivity index (χ1v) is 9.44. The molecule has 1 aliphatic carbocycles. The van der Waals surface area contributed by atoms with Gasteiger partial charge in [-0.05, 0) is 36.1 Å². The normalized spacial score (nSPS) is 21.9. The Hall–Kier alpha value is -3.55. The molecular weight excluding hydrogens is 374 g/mol. The second-order valence-electron chi connectivity index (χ2n) is 7.47. The van der Waals surface area contributed by atoms with Crippen molar-refractivity contribution in [1.82, 2.24) is 10.2 Å². The molecule has 8 heteroatoms. The van der Waals surface area contributed by atoms with Gasteiger partial charge in [0.15, 0.2) is 11.5 Å². The second kappa shape index (κ2) is 6.51. The van der Waals surface area contributed by atoms with Crippen molar-refractivity contribution in [3.63, 3.8) is 0 Å². The van der Waals surface area contributed by atoms with Gasteiger partial charge in [0, 0.05) is 18.2 Å². The average Bonchev–Trinajstić information content (AvgIpc) is 3.26. The molecule has 2 aromatic rings. The van der Waals surface area contributed by atoms with Gasteiger partial charge in [0.05, 0.1) is 0 Å². The van der Waals surface area contributed by atoms with E-state index in [2.05, 4.69) is 10.6 Å². The van der Waals surface area contributed by atoms with Crippen LogP contribution in [0.3, 0.4) is 0 Å². The number of hydrogen-bond donors (Lipinski definition) is 2. The lowest BCUT2D eigenvalue weighted by Crippen LogP contribution is -2.51. The molecule has 1 unspecified atom stereocenters. The lowest BCUT2D eigenvalue weighted by atomic mass is 9.78. The van der Waals surface area contributed by atoms with Crippen molar-refractivity contribution in [1.29, 1.82) is 0 Å². The van der Waals surface area contributed by atoms with E-state index in [1.807, 2.05) is 24.3 Å². The van der Waals surface area contributed by atoms with Gasteiger partial charge in [-0.25, -0.2) is 4.79 Å². The standard InChI is InChI=1S/C21H19N3O5/c25-18(22-15-5-6-16-17(9-15)29-12-28-16)11-24-19(26)21(23-20(24)27)8-7-13-3-1-2-4-14(13)10-21/h1-6,9H,7-8,10-12H2,(H,22,25)(H,23,27). The predicted octanol–water partition coefficient (Wildman–Crippen LogP) is 1.83. The molecule has 1 atom stereocenters. The number of carbonyl (C=O) groups is 3. The molecule has 1 saturated heterocycles. The zero-order chi connectivity index (χ0) is 20.0. The van der Waals surface area contributed by atoms with Crippen LogP contribution >= 0.6 is 0 Å². The number of imide groups is 1. The molecule has 4 amide bonds. The Kier molecular flexibility index (Phi) is 3.94. The molecule has 1 fully saturated rings. The highest BCUT2D eigenvalue weighted by Gasteiger charge is 2.52. The molecule has 2 aliphatic heterocycles. The number of nitrogens with one attached hydrogen (secondary N) is 2. The van der Waals surface area contributed by atoms with Crippen molar-refractivity contribution in [2.75, 3.05) is 18.7 Å². The van der Waals surface area contributed by atoms with Crippen LogP contribution in [0.15, 0.2) is 42.5 Å². The molecule has 5 rings (SSSR count). The molecule has 148 valence electrons. The number of urea groups is 1. The summed E-state index contributed by atoms with van der Waals surface area (Å²) < 4.78 is 10.5. The highest BCUT2D eigenvalue weighted by molar-refractivity contribution is 6.10. The minimum absolute atomic E-state index is 0.139. The summed E-state index contributed by atoms with van der Waals surface area (Å²) in [6.45, 7) is -0.205. The number of nitrogens with zero attached hydrogens (tertiary/aromatic N) is 1. The van der Waals surface area contributed by atoms with Crippen LogP contribution in [-0.2, 0) is 22.4 Å². The number of anilines is 1. The topological polar surface area (TPSA) is 97.0 Å². The Balaban J connectivity index is 1.29. The van der Waals surface area contributed by atoms with Gasteiger partial charge in [0.1, 0.15) is 12.1 Å². The van der Waals surface area contributed by atoms with Crippen LogP contribution in [0.1, 0.15) is 17.5 Å². The summed E-state index contributed by atoms with van der Waals surface area (Å²) in [5.41, 5.74) is 1.79. The van der Waals surface area contributed by atoms with Crippen LogP contribution in [0.5, 0.6) is 11.5 Å². The van der Waals surface area contributed by atoms with Crippen molar-refractivity contribution in [3.05, 3.63) is 53.6 Å². The number of amides is 4. The Morgan fingerprint density at radius 1 is 1.10 bits per heavy atom. The van der Waals surface area contributed by atoms with Crippen LogP contribution < -0.4 is 20.1 Å². The summed E-state index contributed by atoms with van der Waals surface area (Å²) in [5.74, 6) is 0.340. The van der Waals surface area contributed by atoms with Crippen LogP contribution in [0.25, 0.3) is 0 Å². The molecule has 0 saturated carbocycles. The molecule has 29 heavy (non-hydrogen) atoms. The number of ether oxygens (including phenoxy) is 2. The molecule has 2 heterocycles. The number of rotatable bonds is 3. The van der Waals surface area contributed by atoms with Gasteiger partial charge in [0.25, 0.3) is 5.91 Å². The number of carbonyl (C=O) groups excluding carboxylic acids is 3. The fourth-order valence-electron chi connectivity index (χ4n) is 4.16. The minimum Gasteiger partial charge on any atom is -0.454 e. The maximum Gasteiger partial charge on any atom is 0.325 e. The molecule has 2 aromatic carbocycles. The van der Waals surface area contributed by atoms with E-state index in [9.17, 15) is 14.4 Å². The maximum atomic E-state index is 13.1. The molecule has 0 bridgehead atoms. The molecule has 0 aromatic heterocycles. The quantitative estimate of drug-likeness (QED) is 0.776. The summed E-state index contributed by atoms with van der Waals surface area (Å²) in [4.78, 5) is 39.0. The Labute approximate surface area is 166 Å². The van der Waals surface area contributed by atoms with Gasteiger partial charge < -0.3 is 20.1 Å². The highest BCUT2D eigenvalue weighted by Crippen LogP contribution is 2.35. The van der Waals surface area contributed by atoms with Crippen LogP contribution in [0, 0.1) is 0 Å². The number of benzene rings is 2. The fraction of sp³-hybridized carbons (Fsp3) is 0.286. The summed E-state index contributed by atoms with van der Waals surface area (Å²) in [7, 11) is 0. The molecule has 1 spiro atoms. The van der Waals surface area contributed by atoms with Gasteiger partial charge in [-0.2, -0.15) is 0 Å². The Morgan fingerprint density at radius 2 is 1.90 bits per heavy atom. The van der Waals surface area contributed by atoms with E-state index < -0.39 is 17.5 Å². The number of fused-ring (bicyclic) bond motifs is 2. The SMILES string of the molecule is O=C(CN1C(=O)NC2(CCc3ccccc3C2)C1=O)Nc1ccc2c(c1)OCO2. The van der Waals surface area contributed by atoms with Gasteiger partial charge >= 0.3 is 6.03 Å². The fourth-order valence-corrected chi connectivity index (χ4v) is 4.16. The first-order valence-electron chi connectivity index (χ1n) is 9.44. The lowest BCUT2D eigenvalue weighted by molar-refractivity contribution is -0.134. The van der Waals surface area contributed by atoms with E-state index in [-0.39, 0.29) is 19.2 Å². The largest absolute Gasteiger partial charge is 0.454 e. The average molecular weight is 393 g/mol.